The highest BCUT2D eigenvalue weighted by atomic mass is 16.5. The third-order valence-electron chi connectivity index (χ3n) is 3.74. The number of ether oxygens (including phenoxy) is 1. The Balaban J connectivity index is 2.36. The zero-order chi connectivity index (χ0) is 15.4. The summed E-state index contributed by atoms with van der Waals surface area (Å²) in [6, 6.07) is 8.81. The Morgan fingerprint density at radius 3 is 2.62 bits per heavy atom. The number of nitrogens with zero attached hydrogens (tertiary/aromatic N) is 2. The van der Waals surface area contributed by atoms with Gasteiger partial charge in [-0.3, -0.25) is 4.68 Å². The number of aryl methyl sites for hydroxylation is 2. The molecule has 4 nitrogen and oxygen atoms in total. The summed E-state index contributed by atoms with van der Waals surface area (Å²) in [6.45, 7) is 9.68. The molecule has 2 aromatic rings. The number of nitrogens with one attached hydrogen (secondary N) is 1. The Bertz CT molecular complexity index is 604. The van der Waals surface area contributed by atoms with Crippen molar-refractivity contribution < 1.29 is 4.74 Å². The first-order valence-electron chi connectivity index (χ1n) is 7.49. The summed E-state index contributed by atoms with van der Waals surface area (Å²) in [7, 11) is 1.97. The predicted molar refractivity (Wildman–Crippen MR) is 85.9 cm³/mol. The second kappa shape index (κ2) is 6.76. The fraction of sp³-hybridized carbons (Fsp3) is 0.471. The highest BCUT2D eigenvalue weighted by Crippen LogP contribution is 2.25. The molecular weight excluding hydrogens is 262 g/mol. The molecule has 1 N–H and O–H groups in total. The Morgan fingerprint density at radius 1 is 1.29 bits per heavy atom. The van der Waals surface area contributed by atoms with E-state index >= 15 is 0 Å². The normalized spacial score (nSPS) is 12.4. The predicted octanol–water partition coefficient (Wildman–Crippen LogP) is 3.23. The van der Waals surface area contributed by atoms with Crippen molar-refractivity contribution in [3.8, 4) is 5.75 Å². The van der Waals surface area contributed by atoms with Crippen LogP contribution in [0.2, 0.25) is 0 Å². The van der Waals surface area contributed by atoms with Crippen LogP contribution in [-0.4, -0.2) is 23.4 Å². The minimum absolute atomic E-state index is 0.319. The fourth-order valence-electron chi connectivity index (χ4n) is 2.45. The molecule has 1 heterocycles. The standard InChI is InChI=1S/C17H25N3O/c1-6-21-17-8-7-15(14(4)18-5)10-16(17)11-20-13(3)9-12(2)19-20/h7-10,14,18H,6,11H2,1-5H3. The molecule has 0 radical (unpaired) electrons. The summed E-state index contributed by atoms with van der Waals surface area (Å²) >= 11 is 0. The lowest BCUT2D eigenvalue weighted by Crippen LogP contribution is -2.13. The van der Waals surface area contributed by atoms with Crippen LogP contribution in [0.1, 0.15) is 42.4 Å². The first-order chi connectivity index (χ1) is 10.0. The molecular formula is C17H25N3O. The van der Waals surface area contributed by atoms with Gasteiger partial charge in [0.15, 0.2) is 0 Å². The van der Waals surface area contributed by atoms with Crippen molar-refractivity contribution in [1.82, 2.24) is 15.1 Å². The molecule has 0 saturated carbocycles. The van der Waals surface area contributed by atoms with Gasteiger partial charge in [-0.05, 0) is 58.5 Å². The van der Waals surface area contributed by atoms with E-state index in [9.17, 15) is 0 Å². The van der Waals surface area contributed by atoms with Gasteiger partial charge in [0, 0.05) is 17.3 Å². The monoisotopic (exact) mass is 287 g/mol. The van der Waals surface area contributed by atoms with E-state index in [1.807, 2.05) is 25.6 Å². The highest BCUT2D eigenvalue weighted by Gasteiger charge is 2.11. The molecule has 2 rings (SSSR count). The molecule has 1 aromatic heterocycles. The maximum absolute atomic E-state index is 5.76. The molecule has 0 aliphatic carbocycles. The molecule has 1 aromatic carbocycles. The number of hydrogen-bond acceptors (Lipinski definition) is 3. The van der Waals surface area contributed by atoms with Crippen molar-refractivity contribution in [2.75, 3.05) is 13.7 Å². The van der Waals surface area contributed by atoms with E-state index < -0.39 is 0 Å². The maximum Gasteiger partial charge on any atom is 0.124 e. The molecule has 0 fully saturated rings. The fourth-order valence-corrected chi connectivity index (χ4v) is 2.45. The minimum atomic E-state index is 0.319. The van der Waals surface area contributed by atoms with Crippen molar-refractivity contribution in [2.45, 2.75) is 40.3 Å². The number of rotatable bonds is 6. The lowest BCUT2D eigenvalue weighted by atomic mass is 10.0. The van der Waals surface area contributed by atoms with Crippen molar-refractivity contribution in [1.29, 1.82) is 0 Å². The lowest BCUT2D eigenvalue weighted by molar-refractivity contribution is 0.335. The first kappa shape index (κ1) is 15.6. The number of benzene rings is 1. The Kier molecular flexibility index (Phi) is 5.02. The smallest absolute Gasteiger partial charge is 0.124 e. The van der Waals surface area contributed by atoms with E-state index in [0.29, 0.717) is 12.6 Å². The van der Waals surface area contributed by atoms with Gasteiger partial charge in [0.1, 0.15) is 5.75 Å². The second-order valence-corrected chi connectivity index (χ2v) is 5.40. The van der Waals surface area contributed by atoms with Crippen LogP contribution in [0.15, 0.2) is 24.3 Å². The van der Waals surface area contributed by atoms with Crippen LogP contribution in [0.3, 0.4) is 0 Å². The summed E-state index contributed by atoms with van der Waals surface area (Å²) < 4.78 is 7.79. The van der Waals surface area contributed by atoms with E-state index in [0.717, 1.165) is 18.0 Å². The topological polar surface area (TPSA) is 39.1 Å². The van der Waals surface area contributed by atoms with Gasteiger partial charge in [-0.15, -0.1) is 0 Å². The van der Waals surface area contributed by atoms with E-state index in [2.05, 4.69) is 48.5 Å². The Hall–Kier alpha value is -1.81. The Morgan fingerprint density at radius 2 is 2.05 bits per heavy atom. The summed E-state index contributed by atoms with van der Waals surface area (Å²) in [5.41, 5.74) is 4.65. The molecule has 0 spiro atoms. The maximum atomic E-state index is 5.76. The number of hydrogen-bond donors (Lipinski definition) is 1. The minimum Gasteiger partial charge on any atom is -0.494 e. The van der Waals surface area contributed by atoms with Gasteiger partial charge in [0.2, 0.25) is 0 Å². The summed E-state index contributed by atoms with van der Waals surface area (Å²) in [4.78, 5) is 0. The molecule has 4 heteroatoms. The van der Waals surface area contributed by atoms with Gasteiger partial charge < -0.3 is 10.1 Å². The molecule has 114 valence electrons. The molecule has 0 saturated heterocycles. The highest BCUT2D eigenvalue weighted by molar-refractivity contribution is 5.38. The molecule has 0 bridgehead atoms. The molecule has 21 heavy (non-hydrogen) atoms. The average Bonchev–Trinajstić information content (AvgIpc) is 2.78. The van der Waals surface area contributed by atoms with Gasteiger partial charge in [0.25, 0.3) is 0 Å². The van der Waals surface area contributed by atoms with Crippen LogP contribution in [0.5, 0.6) is 5.75 Å². The van der Waals surface area contributed by atoms with Crippen molar-refractivity contribution in [3.63, 3.8) is 0 Å². The zero-order valence-electron chi connectivity index (χ0n) is 13.6. The van der Waals surface area contributed by atoms with Crippen LogP contribution in [0.4, 0.5) is 0 Å². The SMILES string of the molecule is CCOc1ccc(C(C)NC)cc1Cn1nc(C)cc1C. The zero-order valence-corrected chi connectivity index (χ0v) is 13.6. The van der Waals surface area contributed by atoms with Crippen LogP contribution >= 0.6 is 0 Å². The molecule has 1 unspecified atom stereocenters. The van der Waals surface area contributed by atoms with Gasteiger partial charge in [-0.25, -0.2) is 0 Å². The molecule has 0 aliphatic heterocycles. The van der Waals surface area contributed by atoms with E-state index in [1.165, 1.54) is 16.8 Å². The van der Waals surface area contributed by atoms with Crippen molar-refractivity contribution in [3.05, 3.63) is 46.8 Å². The van der Waals surface area contributed by atoms with Gasteiger partial charge in [-0.1, -0.05) is 6.07 Å². The second-order valence-electron chi connectivity index (χ2n) is 5.40. The third kappa shape index (κ3) is 3.64. The van der Waals surface area contributed by atoms with Crippen LogP contribution in [-0.2, 0) is 6.54 Å². The van der Waals surface area contributed by atoms with E-state index in [4.69, 9.17) is 4.74 Å². The van der Waals surface area contributed by atoms with Crippen molar-refractivity contribution in [2.24, 2.45) is 0 Å². The number of aromatic nitrogens is 2. The van der Waals surface area contributed by atoms with Crippen LogP contribution in [0.25, 0.3) is 0 Å². The largest absolute Gasteiger partial charge is 0.494 e. The summed E-state index contributed by atoms with van der Waals surface area (Å²) in [5.74, 6) is 0.942. The van der Waals surface area contributed by atoms with Gasteiger partial charge >= 0.3 is 0 Å². The van der Waals surface area contributed by atoms with Crippen LogP contribution < -0.4 is 10.1 Å². The molecule has 0 amide bonds. The molecule has 1 atom stereocenters. The Labute approximate surface area is 127 Å². The third-order valence-corrected chi connectivity index (χ3v) is 3.74. The lowest BCUT2D eigenvalue weighted by Gasteiger charge is -2.16. The van der Waals surface area contributed by atoms with Gasteiger partial charge in [-0.2, -0.15) is 5.10 Å². The summed E-state index contributed by atoms with van der Waals surface area (Å²) in [5, 5.41) is 7.82. The summed E-state index contributed by atoms with van der Waals surface area (Å²) in [6.07, 6.45) is 0. The van der Waals surface area contributed by atoms with Crippen molar-refractivity contribution >= 4 is 0 Å². The van der Waals surface area contributed by atoms with Crippen LogP contribution in [0, 0.1) is 13.8 Å². The van der Waals surface area contributed by atoms with Gasteiger partial charge in [0.05, 0.1) is 18.8 Å². The first-order valence-corrected chi connectivity index (χ1v) is 7.49. The van der Waals surface area contributed by atoms with E-state index in [-0.39, 0.29) is 0 Å². The average molecular weight is 287 g/mol. The van der Waals surface area contributed by atoms with E-state index in [1.54, 1.807) is 0 Å². The molecule has 0 aliphatic rings. The quantitative estimate of drug-likeness (QED) is 0.886.